The van der Waals surface area contributed by atoms with Crippen molar-refractivity contribution in [1.29, 1.82) is 15.8 Å². The van der Waals surface area contributed by atoms with Gasteiger partial charge in [-0.15, -0.1) is 23.1 Å². The van der Waals surface area contributed by atoms with Crippen LogP contribution in [0.25, 0.3) is 11.1 Å². The number of rotatable bonds is 6. The zero-order valence-electron chi connectivity index (χ0n) is 20.0. The van der Waals surface area contributed by atoms with Gasteiger partial charge in [0.05, 0.1) is 11.1 Å². The molecule has 0 aliphatic heterocycles. The minimum absolute atomic E-state index is 0.0519. The van der Waals surface area contributed by atoms with Gasteiger partial charge in [0.2, 0.25) is 5.91 Å². The summed E-state index contributed by atoms with van der Waals surface area (Å²) in [6.07, 6.45) is 3.02. The fourth-order valence-electron chi connectivity index (χ4n) is 4.30. The van der Waals surface area contributed by atoms with Crippen LogP contribution in [0.1, 0.15) is 52.5 Å². The Hall–Kier alpha value is -3.84. The van der Waals surface area contributed by atoms with Gasteiger partial charge in [-0.05, 0) is 43.2 Å². The lowest BCUT2D eigenvalue weighted by atomic mass is 9.89. The number of nitrogens with zero attached hydrogens (tertiary/aromatic N) is 4. The molecule has 0 saturated carbocycles. The summed E-state index contributed by atoms with van der Waals surface area (Å²) in [5.74, 6) is 0.783. The van der Waals surface area contributed by atoms with E-state index in [1.165, 1.54) is 28.0 Å². The van der Waals surface area contributed by atoms with E-state index in [0.717, 1.165) is 30.4 Å². The molecule has 3 aromatic rings. The summed E-state index contributed by atoms with van der Waals surface area (Å²) >= 11 is 2.75. The summed E-state index contributed by atoms with van der Waals surface area (Å²) in [6.45, 7) is 4.16. The Kier molecular flexibility index (Phi) is 7.60. The van der Waals surface area contributed by atoms with Crippen molar-refractivity contribution in [1.82, 2.24) is 4.98 Å². The van der Waals surface area contributed by atoms with Crippen LogP contribution in [0.3, 0.4) is 0 Å². The lowest BCUT2D eigenvalue weighted by Crippen LogP contribution is -2.12. The molecule has 0 fully saturated rings. The maximum absolute atomic E-state index is 12.7. The monoisotopic (exact) mass is 512 g/mol. The van der Waals surface area contributed by atoms with Gasteiger partial charge in [0.25, 0.3) is 0 Å². The normalized spacial score (nSPS) is 14.2. The molecule has 180 valence electrons. The highest BCUT2D eigenvalue weighted by Gasteiger charge is 2.25. The number of aromatic nitrogens is 1. The Labute approximate surface area is 218 Å². The Bertz CT molecular complexity index is 1450. The molecule has 2 aromatic heterocycles. The number of hydrogen-bond donors (Lipinski definition) is 2. The van der Waals surface area contributed by atoms with Crippen molar-refractivity contribution in [3.05, 3.63) is 57.0 Å². The number of nitriles is 3. The van der Waals surface area contributed by atoms with Crippen LogP contribution in [0.15, 0.2) is 29.3 Å². The number of thiophene rings is 1. The fraction of sp³-hybridized carbons (Fsp3) is 0.296. The van der Waals surface area contributed by atoms with Gasteiger partial charge in [0.15, 0.2) is 0 Å². The van der Waals surface area contributed by atoms with Gasteiger partial charge in [-0.2, -0.15) is 15.8 Å². The van der Waals surface area contributed by atoms with Crippen molar-refractivity contribution in [2.45, 2.75) is 44.6 Å². The lowest BCUT2D eigenvalue weighted by molar-refractivity contribution is -0.115. The molecule has 9 heteroatoms. The largest absolute Gasteiger partial charge is 0.383 e. The van der Waals surface area contributed by atoms with Crippen LogP contribution in [0.4, 0.5) is 10.8 Å². The first-order chi connectivity index (χ1) is 17.4. The van der Waals surface area contributed by atoms with Crippen molar-refractivity contribution in [2.24, 2.45) is 5.92 Å². The van der Waals surface area contributed by atoms with Crippen LogP contribution in [0.2, 0.25) is 0 Å². The number of carbonyl (C=O) groups is 1. The summed E-state index contributed by atoms with van der Waals surface area (Å²) < 4.78 is 0. The molecule has 1 amide bonds. The van der Waals surface area contributed by atoms with Crippen LogP contribution in [0, 0.1) is 46.8 Å². The highest BCUT2D eigenvalue weighted by Crippen LogP contribution is 2.39. The van der Waals surface area contributed by atoms with E-state index in [1.807, 2.05) is 31.2 Å². The SMILES string of the molecule is Cc1ccc(-c2c(C#N)c(N)nc(SCCC(=O)Nc3sc4c(c3C#N)CCC(C)C4)c2C#N)cc1. The molecule has 2 heterocycles. The number of nitrogens with one attached hydrogen (secondary N) is 1. The molecular weight excluding hydrogens is 488 g/mol. The Morgan fingerprint density at radius 2 is 1.86 bits per heavy atom. The number of aryl methyl sites for hydroxylation is 1. The number of benzene rings is 1. The van der Waals surface area contributed by atoms with Crippen LogP contribution in [-0.4, -0.2) is 16.6 Å². The predicted octanol–water partition coefficient (Wildman–Crippen LogP) is 5.56. The number of thioether (sulfide) groups is 1. The average Bonchev–Trinajstić information content (AvgIpc) is 3.19. The number of anilines is 2. The number of nitrogen functional groups attached to an aromatic ring is 1. The van der Waals surface area contributed by atoms with Crippen LogP contribution >= 0.6 is 23.1 Å². The summed E-state index contributed by atoms with van der Waals surface area (Å²) in [5, 5.41) is 33.2. The number of nitrogens with two attached hydrogens (primary N) is 1. The molecule has 1 aliphatic rings. The quantitative estimate of drug-likeness (QED) is 0.412. The standard InChI is InChI=1S/C27H24N6OS2/c1-15-3-6-17(7-4-15)24-20(13-29)25(31)33-26(21(24)14-30)35-10-9-23(34)32-27-19(12-28)18-8-5-16(2)11-22(18)36-27/h3-4,6-7,16H,5,8-11H2,1-2H3,(H2,31,33)(H,32,34). The summed E-state index contributed by atoms with van der Waals surface area (Å²) in [6, 6.07) is 14.0. The van der Waals surface area contributed by atoms with E-state index in [-0.39, 0.29) is 29.3 Å². The molecule has 0 bridgehead atoms. The van der Waals surface area contributed by atoms with Crippen molar-refractivity contribution in [3.63, 3.8) is 0 Å². The molecule has 1 aromatic carbocycles. The highest BCUT2D eigenvalue weighted by molar-refractivity contribution is 7.99. The zero-order valence-corrected chi connectivity index (χ0v) is 21.6. The zero-order chi connectivity index (χ0) is 25.8. The van der Waals surface area contributed by atoms with E-state index in [1.54, 1.807) is 0 Å². The van der Waals surface area contributed by atoms with E-state index in [4.69, 9.17) is 5.73 Å². The topological polar surface area (TPSA) is 139 Å². The second-order valence-corrected chi connectivity index (χ2v) is 11.0. The van der Waals surface area contributed by atoms with E-state index >= 15 is 0 Å². The number of hydrogen-bond acceptors (Lipinski definition) is 8. The van der Waals surface area contributed by atoms with Gasteiger partial charge in [0, 0.05) is 22.6 Å². The van der Waals surface area contributed by atoms with Gasteiger partial charge in [-0.1, -0.05) is 36.8 Å². The second kappa shape index (κ2) is 10.8. The van der Waals surface area contributed by atoms with Crippen molar-refractivity contribution >= 4 is 39.8 Å². The van der Waals surface area contributed by atoms with Gasteiger partial charge >= 0.3 is 0 Å². The molecule has 1 atom stereocenters. The molecule has 3 N–H and O–H groups in total. The smallest absolute Gasteiger partial charge is 0.225 e. The van der Waals surface area contributed by atoms with Gasteiger partial charge in [-0.25, -0.2) is 4.98 Å². The average molecular weight is 513 g/mol. The second-order valence-electron chi connectivity index (χ2n) is 8.83. The van der Waals surface area contributed by atoms with Gasteiger partial charge in [-0.3, -0.25) is 4.79 Å². The third-order valence-electron chi connectivity index (χ3n) is 6.20. The van der Waals surface area contributed by atoms with E-state index in [9.17, 15) is 20.6 Å². The van der Waals surface area contributed by atoms with Crippen LogP contribution in [0.5, 0.6) is 0 Å². The highest BCUT2D eigenvalue weighted by atomic mass is 32.2. The lowest BCUT2D eigenvalue weighted by Gasteiger charge is -2.17. The number of carbonyl (C=O) groups excluding carboxylic acids is 1. The Morgan fingerprint density at radius 1 is 1.17 bits per heavy atom. The fourth-order valence-corrected chi connectivity index (χ4v) is 6.61. The number of fused-ring (bicyclic) bond motifs is 1. The van der Waals surface area contributed by atoms with E-state index in [2.05, 4.69) is 35.4 Å². The molecule has 0 saturated heterocycles. The van der Waals surface area contributed by atoms with E-state index < -0.39 is 0 Å². The molecule has 36 heavy (non-hydrogen) atoms. The van der Waals surface area contributed by atoms with Crippen molar-refractivity contribution in [3.8, 4) is 29.3 Å². The van der Waals surface area contributed by atoms with E-state index in [0.29, 0.717) is 38.4 Å². The summed E-state index contributed by atoms with van der Waals surface area (Å²) in [4.78, 5) is 18.2. The molecule has 7 nitrogen and oxygen atoms in total. The third kappa shape index (κ3) is 5.06. The first-order valence-corrected chi connectivity index (χ1v) is 13.3. The summed E-state index contributed by atoms with van der Waals surface area (Å²) in [7, 11) is 0. The van der Waals surface area contributed by atoms with Crippen LogP contribution in [-0.2, 0) is 17.6 Å². The summed E-state index contributed by atoms with van der Waals surface area (Å²) in [5.41, 5.74) is 10.4. The number of amides is 1. The van der Waals surface area contributed by atoms with Gasteiger partial charge in [0.1, 0.15) is 39.6 Å². The van der Waals surface area contributed by atoms with Crippen molar-refractivity contribution in [2.75, 3.05) is 16.8 Å². The van der Waals surface area contributed by atoms with Crippen molar-refractivity contribution < 1.29 is 4.79 Å². The first kappa shape index (κ1) is 25.3. The molecule has 1 unspecified atom stereocenters. The minimum Gasteiger partial charge on any atom is -0.383 e. The molecule has 0 spiro atoms. The van der Waals surface area contributed by atoms with Crippen LogP contribution < -0.4 is 11.1 Å². The maximum atomic E-state index is 12.7. The first-order valence-electron chi connectivity index (χ1n) is 11.5. The minimum atomic E-state index is -0.204. The van der Waals surface area contributed by atoms with Gasteiger partial charge < -0.3 is 11.1 Å². The molecule has 0 radical (unpaired) electrons. The Balaban J connectivity index is 1.51. The molecule has 4 rings (SSSR count). The number of pyridine rings is 1. The third-order valence-corrected chi connectivity index (χ3v) is 8.35. The predicted molar refractivity (Wildman–Crippen MR) is 142 cm³/mol. The molecular formula is C27H24N6OS2. The maximum Gasteiger partial charge on any atom is 0.225 e. The molecule has 1 aliphatic carbocycles. The Morgan fingerprint density at radius 3 is 2.53 bits per heavy atom.